The van der Waals surface area contributed by atoms with Gasteiger partial charge in [0.05, 0.1) is 6.26 Å². The number of hydrogen-bond donors (Lipinski definition) is 0. The first-order chi connectivity index (χ1) is 10.6. The summed E-state index contributed by atoms with van der Waals surface area (Å²) in [6.45, 7) is 0.644. The van der Waals surface area contributed by atoms with E-state index in [1.54, 1.807) is 23.0 Å². The molecule has 3 rings (SSSR count). The van der Waals surface area contributed by atoms with Gasteiger partial charge in [0.2, 0.25) is 10.0 Å². The Morgan fingerprint density at radius 2 is 2.23 bits per heavy atom. The van der Waals surface area contributed by atoms with Gasteiger partial charge in [-0.25, -0.2) is 18.4 Å². The zero-order valence-electron chi connectivity index (χ0n) is 12.6. The van der Waals surface area contributed by atoms with Crippen LogP contribution in [-0.4, -0.2) is 46.1 Å². The third-order valence-corrected chi connectivity index (χ3v) is 5.45. The average Bonchev–Trinajstić information content (AvgIpc) is 3.16. The second-order valence-corrected chi connectivity index (χ2v) is 7.60. The molecule has 0 aromatic carbocycles. The molecule has 0 spiro atoms. The summed E-state index contributed by atoms with van der Waals surface area (Å²) in [7, 11) is -3.11. The Morgan fingerprint density at radius 1 is 1.36 bits per heavy atom. The van der Waals surface area contributed by atoms with E-state index in [1.807, 2.05) is 22.9 Å². The maximum Gasteiger partial charge on any atom is 0.211 e. The second kappa shape index (κ2) is 6.18. The molecule has 6 nitrogen and oxygen atoms in total. The van der Waals surface area contributed by atoms with Gasteiger partial charge in [0, 0.05) is 31.2 Å². The topological polar surface area (TPSA) is 68.1 Å². The summed E-state index contributed by atoms with van der Waals surface area (Å²) in [6.07, 6.45) is 11.9. The zero-order valence-corrected chi connectivity index (χ0v) is 13.4. The molecular formula is C15H20N4O2S. The molecule has 1 aliphatic heterocycles. The number of sulfonamides is 1. The number of nitrogens with zero attached hydrogens (tertiary/aromatic N) is 4. The Balaban J connectivity index is 1.75. The molecule has 0 unspecified atom stereocenters. The molecule has 2 aromatic rings. The first-order valence-electron chi connectivity index (χ1n) is 7.45. The molecule has 22 heavy (non-hydrogen) atoms. The van der Waals surface area contributed by atoms with Crippen LogP contribution in [0.25, 0.3) is 5.82 Å². The summed E-state index contributed by atoms with van der Waals surface area (Å²) in [5, 5.41) is 0. The van der Waals surface area contributed by atoms with E-state index >= 15 is 0 Å². The first kappa shape index (κ1) is 15.2. The van der Waals surface area contributed by atoms with Crippen LogP contribution < -0.4 is 0 Å². The van der Waals surface area contributed by atoms with Gasteiger partial charge in [-0.3, -0.25) is 4.57 Å². The van der Waals surface area contributed by atoms with Crippen molar-refractivity contribution in [2.24, 2.45) is 0 Å². The summed E-state index contributed by atoms with van der Waals surface area (Å²) in [6, 6.07) is 4.06. The van der Waals surface area contributed by atoms with Crippen LogP contribution in [0.2, 0.25) is 0 Å². The van der Waals surface area contributed by atoms with Crippen LogP contribution in [0.4, 0.5) is 0 Å². The monoisotopic (exact) mass is 320 g/mol. The summed E-state index contributed by atoms with van der Waals surface area (Å²) >= 11 is 0. The van der Waals surface area contributed by atoms with Crippen molar-refractivity contribution in [2.75, 3.05) is 12.8 Å². The quantitative estimate of drug-likeness (QED) is 0.839. The van der Waals surface area contributed by atoms with E-state index in [4.69, 9.17) is 0 Å². The smallest absolute Gasteiger partial charge is 0.211 e. The van der Waals surface area contributed by atoms with Crippen molar-refractivity contribution in [3.63, 3.8) is 0 Å². The van der Waals surface area contributed by atoms with Crippen LogP contribution >= 0.6 is 0 Å². The Bertz CT molecular complexity index is 728. The highest BCUT2D eigenvalue weighted by Gasteiger charge is 2.31. The van der Waals surface area contributed by atoms with Crippen molar-refractivity contribution in [1.82, 2.24) is 18.8 Å². The Labute approximate surface area is 130 Å². The Kier molecular flexibility index (Phi) is 4.26. The highest BCUT2D eigenvalue weighted by atomic mass is 32.2. The molecule has 2 aromatic heterocycles. The number of rotatable bonds is 5. The van der Waals surface area contributed by atoms with Gasteiger partial charge in [-0.2, -0.15) is 4.31 Å². The number of pyridine rings is 1. The maximum absolute atomic E-state index is 11.8. The van der Waals surface area contributed by atoms with Gasteiger partial charge in [-0.1, -0.05) is 6.07 Å². The van der Waals surface area contributed by atoms with Crippen LogP contribution in [0.15, 0.2) is 37.1 Å². The van der Waals surface area contributed by atoms with Crippen molar-refractivity contribution in [2.45, 2.75) is 31.7 Å². The average molecular weight is 320 g/mol. The van der Waals surface area contributed by atoms with Gasteiger partial charge in [-0.05, 0) is 37.3 Å². The lowest BCUT2D eigenvalue weighted by molar-refractivity contribution is 0.373. The van der Waals surface area contributed by atoms with Crippen molar-refractivity contribution in [1.29, 1.82) is 0 Å². The lowest BCUT2D eigenvalue weighted by Gasteiger charge is -2.22. The molecule has 1 saturated heterocycles. The SMILES string of the molecule is CS(=O)(=O)N1CCC[C@@H]1CCc1cccnc1-n1ccnc1. The largest absolute Gasteiger partial charge is 0.290 e. The highest BCUT2D eigenvalue weighted by molar-refractivity contribution is 7.88. The summed E-state index contributed by atoms with van der Waals surface area (Å²) in [4.78, 5) is 8.48. The molecular weight excluding hydrogens is 300 g/mol. The van der Waals surface area contributed by atoms with Crippen molar-refractivity contribution in [3.05, 3.63) is 42.6 Å². The number of aryl methyl sites for hydroxylation is 1. The van der Waals surface area contributed by atoms with E-state index in [-0.39, 0.29) is 6.04 Å². The van der Waals surface area contributed by atoms with Gasteiger partial charge < -0.3 is 0 Å². The molecule has 0 saturated carbocycles. The van der Waals surface area contributed by atoms with Gasteiger partial charge in [-0.15, -0.1) is 0 Å². The van der Waals surface area contributed by atoms with E-state index in [9.17, 15) is 8.42 Å². The van der Waals surface area contributed by atoms with E-state index < -0.39 is 10.0 Å². The molecule has 1 atom stereocenters. The molecule has 0 bridgehead atoms. The van der Waals surface area contributed by atoms with Crippen molar-refractivity contribution in [3.8, 4) is 5.82 Å². The highest BCUT2D eigenvalue weighted by Crippen LogP contribution is 2.25. The zero-order chi connectivity index (χ0) is 15.6. The van der Waals surface area contributed by atoms with Crippen LogP contribution in [0.3, 0.4) is 0 Å². The standard InChI is InChI=1S/C15H20N4O2S/c1-22(20,21)19-10-3-5-14(19)7-6-13-4-2-8-17-15(13)18-11-9-16-12-18/h2,4,8-9,11-12,14H,3,5-7,10H2,1H3/t14-/m1/s1. The molecule has 118 valence electrons. The van der Waals surface area contributed by atoms with Crippen LogP contribution in [-0.2, 0) is 16.4 Å². The Hall–Kier alpha value is -1.73. The summed E-state index contributed by atoms with van der Waals surface area (Å²) in [5.41, 5.74) is 1.11. The third-order valence-electron chi connectivity index (χ3n) is 4.11. The Morgan fingerprint density at radius 3 is 2.95 bits per heavy atom. The molecule has 0 N–H and O–H groups in total. The molecule has 1 fully saturated rings. The maximum atomic E-state index is 11.8. The predicted octanol–water partition coefficient (Wildman–Crippen LogP) is 1.62. The lowest BCUT2D eigenvalue weighted by Crippen LogP contribution is -2.34. The number of aromatic nitrogens is 3. The minimum Gasteiger partial charge on any atom is -0.290 e. The summed E-state index contributed by atoms with van der Waals surface area (Å²) < 4.78 is 27.1. The van der Waals surface area contributed by atoms with Crippen molar-refractivity contribution >= 4 is 10.0 Å². The number of hydrogen-bond acceptors (Lipinski definition) is 4. The predicted molar refractivity (Wildman–Crippen MR) is 84.3 cm³/mol. The van der Waals surface area contributed by atoms with Crippen LogP contribution in [0, 0.1) is 0 Å². The fraction of sp³-hybridized carbons (Fsp3) is 0.467. The normalized spacial score (nSPS) is 19.6. The van der Waals surface area contributed by atoms with Crippen LogP contribution in [0.1, 0.15) is 24.8 Å². The minimum absolute atomic E-state index is 0.103. The van der Waals surface area contributed by atoms with E-state index in [0.29, 0.717) is 6.54 Å². The van der Waals surface area contributed by atoms with Crippen LogP contribution in [0.5, 0.6) is 0 Å². The van der Waals surface area contributed by atoms with E-state index in [2.05, 4.69) is 9.97 Å². The summed E-state index contributed by atoms with van der Waals surface area (Å²) in [5.74, 6) is 0.865. The molecule has 0 amide bonds. The van der Waals surface area contributed by atoms with Crippen molar-refractivity contribution < 1.29 is 8.42 Å². The fourth-order valence-electron chi connectivity index (χ4n) is 3.10. The van der Waals surface area contributed by atoms with Gasteiger partial charge in [0.1, 0.15) is 12.1 Å². The molecule has 0 radical (unpaired) electrons. The number of imidazole rings is 1. The van der Waals surface area contributed by atoms with E-state index in [1.165, 1.54) is 6.26 Å². The minimum atomic E-state index is -3.11. The molecule has 3 heterocycles. The van der Waals surface area contributed by atoms with Gasteiger partial charge in [0.25, 0.3) is 0 Å². The van der Waals surface area contributed by atoms with Gasteiger partial charge >= 0.3 is 0 Å². The fourth-order valence-corrected chi connectivity index (χ4v) is 4.31. The third kappa shape index (κ3) is 3.20. The lowest BCUT2D eigenvalue weighted by atomic mass is 10.0. The van der Waals surface area contributed by atoms with E-state index in [0.717, 1.165) is 37.1 Å². The molecule has 1 aliphatic rings. The van der Waals surface area contributed by atoms with Gasteiger partial charge in [0.15, 0.2) is 0 Å². The first-order valence-corrected chi connectivity index (χ1v) is 9.29. The molecule has 0 aliphatic carbocycles. The molecule has 7 heteroatoms. The second-order valence-electron chi connectivity index (χ2n) is 5.66.